The van der Waals surface area contributed by atoms with Crippen molar-refractivity contribution in [2.75, 3.05) is 0 Å². The van der Waals surface area contributed by atoms with Gasteiger partial charge in [0.1, 0.15) is 5.82 Å². The summed E-state index contributed by atoms with van der Waals surface area (Å²) in [5.41, 5.74) is 0.480. The molecule has 0 amide bonds. The van der Waals surface area contributed by atoms with Crippen LogP contribution < -0.4 is 0 Å². The first-order valence-electron chi connectivity index (χ1n) is 7.01. The van der Waals surface area contributed by atoms with E-state index in [0.717, 1.165) is 6.42 Å². The van der Waals surface area contributed by atoms with Crippen molar-refractivity contribution in [3.05, 3.63) is 35.6 Å². The second-order valence-corrected chi connectivity index (χ2v) is 8.31. The van der Waals surface area contributed by atoms with E-state index in [2.05, 4.69) is 0 Å². The zero-order valence-corrected chi connectivity index (χ0v) is 11.9. The van der Waals surface area contributed by atoms with Crippen molar-refractivity contribution in [3.8, 4) is 0 Å². The Bertz CT molecular complexity index is 601. The fourth-order valence-electron chi connectivity index (χ4n) is 3.47. The summed E-state index contributed by atoms with van der Waals surface area (Å²) >= 11 is 0. The van der Waals surface area contributed by atoms with Crippen LogP contribution in [0.4, 0.5) is 4.39 Å². The van der Waals surface area contributed by atoms with Crippen molar-refractivity contribution in [3.63, 3.8) is 0 Å². The highest BCUT2D eigenvalue weighted by molar-refractivity contribution is 7.92. The Morgan fingerprint density at radius 1 is 1.05 bits per heavy atom. The van der Waals surface area contributed by atoms with Gasteiger partial charge in [0.2, 0.25) is 0 Å². The summed E-state index contributed by atoms with van der Waals surface area (Å²) in [7, 11) is -3.03. The van der Waals surface area contributed by atoms with E-state index in [1.807, 2.05) is 0 Å². The van der Waals surface area contributed by atoms with Crippen LogP contribution in [-0.2, 0) is 9.84 Å². The fraction of sp³-hybridized carbons (Fsp3) is 0.533. The number of fused-ring (bicyclic) bond motifs is 2. The van der Waals surface area contributed by atoms with Crippen LogP contribution in [0.15, 0.2) is 24.3 Å². The monoisotopic (exact) mass is 296 g/mol. The highest BCUT2D eigenvalue weighted by Crippen LogP contribution is 2.40. The first-order valence-corrected chi connectivity index (χ1v) is 8.62. The van der Waals surface area contributed by atoms with Gasteiger partial charge in [-0.3, -0.25) is 4.79 Å². The minimum absolute atomic E-state index is 0.0446. The summed E-state index contributed by atoms with van der Waals surface area (Å²) < 4.78 is 37.3. The van der Waals surface area contributed by atoms with E-state index in [0.29, 0.717) is 31.2 Å². The van der Waals surface area contributed by atoms with Gasteiger partial charge in [0.05, 0.1) is 10.5 Å². The van der Waals surface area contributed by atoms with Crippen LogP contribution in [-0.4, -0.2) is 24.7 Å². The maximum atomic E-state index is 12.9. The van der Waals surface area contributed by atoms with Crippen LogP contribution in [0.5, 0.6) is 0 Å². The number of hydrogen-bond donors (Lipinski definition) is 0. The van der Waals surface area contributed by atoms with Gasteiger partial charge >= 0.3 is 0 Å². The number of rotatable bonds is 2. The zero-order chi connectivity index (χ0) is 14.3. The maximum absolute atomic E-state index is 12.9. The molecule has 108 valence electrons. The van der Waals surface area contributed by atoms with Crippen molar-refractivity contribution in [1.82, 2.24) is 0 Å². The molecule has 0 saturated carbocycles. The van der Waals surface area contributed by atoms with Gasteiger partial charge in [-0.1, -0.05) is 6.42 Å². The molecule has 2 unspecified atom stereocenters. The van der Waals surface area contributed by atoms with Crippen molar-refractivity contribution >= 4 is 15.6 Å². The molecule has 2 bridgehead atoms. The minimum Gasteiger partial charge on any atom is -0.294 e. The van der Waals surface area contributed by atoms with Gasteiger partial charge in [0.25, 0.3) is 0 Å². The van der Waals surface area contributed by atoms with Crippen LogP contribution in [0, 0.1) is 11.7 Å². The number of halogens is 1. The number of carbonyl (C=O) groups is 1. The quantitative estimate of drug-likeness (QED) is 0.789. The maximum Gasteiger partial charge on any atom is 0.166 e. The van der Waals surface area contributed by atoms with E-state index in [-0.39, 0.29) is 28.0 Å². The molecule has 2 atom stereocenters. The molecule has 0 aromatic heterocycles. The third-order valence-corrected chi connectivity index (χ3v) is 7.29. The Hall–Kier alpha value is -1.23. The number of sulfone groups is 1. The Labute approximate surface area is 118 Å². The lowest BCUT2D eigenvalue weighted by Gasteiger charge is -2.38. The van der Waals surface area contributed by atoms with Crippen LogP contribution in [0.2, 0.25) is 0 Å². The van der Waals surface area contributed by atoms with E-state index in [9.17, 15) is 17.6 Å². The second kappa shape index (κ2) is 4.95. The van der Waals surface area contributed by atoms with Crippen molar-refractivity contribution < 1.29 is 17.6 Å². The number of hydrogen-bond acceptors (Lipinski definition) is 3. The number of benzene rings is 1. The Kier molecular flexibility index (Phi) is 3.40. The molecule has 2 heterocycles. The van der Waals surface area contributed by atoms with Gasteiger partial charge in [0.15, 0.2) is 15.6 Å². The standard InChI is InChI=1S/C15H17FO3S/c16-12-6-4-10(5-7-12)15(17)11-8-13-2-1-3-14(9-11)20(13,18)19/h4-7,11,13-14H,1-3,8-9H2. The molecule has 20 heavy (non-hydrogen) atoms. The van der Waals surface area contributed by atoms with E-state index in [4.69, 9.17) is 0 Å². The first kappa shape index (κ1) is 13.7. The van der Waals surface area contributed by atoms with E-state index in [1.54, 1.807) is 0 Å². The Balaban J connectivity index is 1.82. The Morgan fingerprint density at radius 3 is 2.15 bits per heavy atom. The van der Waals surface area contributed by atoms with E-state index < -0.39 is 9.84 Å². The molecule has 2 saturated heterocycles. The van der Waals surface area contributed by atoms with Gasteiger partial charge in [0, 0.05) is 11.5 Å². The summed E-state index contributed by atoms with van der Waals surface area (Å²) in [6.07, 6.45) is 3.13. The SMILES string of the molecule is O=C(c1ccc(F)cc1)C1CC2CCCC(C1)S2(=O)=O. The summed E-state index contributed by atoms with van der Waals surface area (Å²) in [5, 5.41) is -0.714. The molecule has 0 N–H and O–H groups in total. The smallest absolute Gasteiger partial charge is 0.166 e. The number of Topliss-reactive ketones (excluding diaryl/α,β-unsaturated/α-hetero) is 1. The normalized spacial score (nSPS) is 31.8. The molecule has 0 spiro atoms. The summed E-state index contributed by atoms with van der Waals surface area (Å²) in [5.74, 6) is -0.652. The fourth-order valence-corrected chi connectivity index (χ4v) is 6.01. The molecule has 2 fully saturated rings. The summed E-state index contributed by atoms with van der Waals surface area (Å²) in [4.78, 5) is 12.4. The third kappa shape index (κ3) is 2.28. The van der Waals surface area contributed by atoms with Crippen molar-refractivity contribution in [1.29, 1.82) is 0 Å². The highest BCUT2D eigenvalue weighted by Gasteiger charge is 2.45. The van der Waals surface area contributed by atoms with Gasteiger partial charge in [-0.05, 0) is 49.9 Å². The molecule has 0 aliphatic carbocycles. The lowest BCUT2D eigenvalue weighted by Crippen LogP contribution is -2.45. The molecule has 3 rings (SSSR count). The first-order chi connectivity index (χ1) is 9.48. The minimum atomic E-state index is -3.03. The van der Waals surface area contributed by atoms with E-state index >= 15 is 0 Å². The van der Waals surface area contributed by atoms with Crippen molar-refractivity contribution in [2.24, 2.45) is 5.92 Å². The molecular formula is C15H17FO3S. The predicted molar refractivity (Wildman–Crippen MR) is 73.8 cm³/mol. The molecule has 1 aromatic carbocycles. The molecule has 2 aliphatic heterocycles. The van der Waals surface area contributed by atoms with Gasteiger partial charge < -0.3 is 0 Å². The molecule has 2 aliphatic rings. The van der Waals surface area contributed by atoms with Gasteiger partial charge in [-0.25, -0.2) is 12.8 Å². The number of carbonyl (C=O) groups excluding carboxylic acids is 1. The van der Waals surface area contributed by atoms with Gasteiger partial charge in [-0.15, -0.1) is 0 Å². The van der Waals surface area contributed by atoms with E-state index in [1.165, 1.54) is 24.3 Å². The third-order valence-electron chi connectivity index (χ3n) is 4.58. The van der Waals surface area contributed by atoms with Crippen LogP contribution in [0.25, 0.3) is 0 Å². The Morgan fingerprint density at radius 2 is 1.60 bits per heavy atom. The molecule has 1 aromatic rings. The predicted octanol–water partition coefficient (Wildman–Crippen LogP) is 2.75. The summed E-state index contributed by atoms with van der Waals surface area (Å²) in [6.45, 7) is 0. The molecular weight excluding hydrogens is 279 g/mol. The lowest BCUT2D eigenvalue weighted by atomic mass is 9.84. The van der Waals surface area contributed by atoms with Crippen molar-refractivity contribution in [2.45, 2.75) is 42.6 Å². The van der Waals surface area contributed by atoms with Crippen LogP contribution >= 0.6 is 0 Å². The zero-order valence-electron chi connectivity index (χ0n) is 11.1. The average molecular weight is 296 g/mol. The topological polar surface area (TPSA) is 51.2 Å². The largest absolute Gasteiger partial charge is 0.294 e. The second-order valence-electron chi connectivity index (χ2n) is 5.80. The number of ketones is 1. The highest BCUT2D eigenvalue weighted by atomic mass is 32.2. The van der Waals surface area contributed by atoms with Crippen LogP contribution in [0.3, 0.4) is 0 Å². The summed E-state index contributed by atoms with van der Waals surface area (Å²) in [6, 6.07) is 5.51. The lowest BCUT2D eigenvalue weighted by molar-refractivity contribution is 0.0894. The average Bonchev–Trinajstić information content (AvgIpc) is 2.37. The van der Waals surface area contributed by atoms with Gasteiger partial charge in [-0.2, -0.15) is 0 Å². The molecule has 3 nitrogen and oxygen atoms in total. The molecule has 0 radical (unpaired) electrons. The molecule has 5 heteroatoms. The van der Waals surface area contributed by atoms with Crippen LogP contribution in [0.1, 0.15) is 42.5 Å².